The largest absolute Gasteiger partial charge is 0.339 e. The Kier molecular flexibility index (Phi) is 8.36. The van der Waals surface area contributed by atoms with Crippen molar-refractivity contribution in [2.45, 2.75) is 44.6 Å². The van der Waals surface area contributed by atoms with Gasteiger partial charge >= 0.3 is 0 Å². The lowest BCUT2D eigenvalue weighted by atomic mass is 10.0. The van der Waals surface area contributed by atoms with Gasteiger partial charge in [-0.2, -0.15) is 0 Å². The molecule has 0 aliphatic carbocycles. The maximum absolute atomic E-state index is 12.7. The van der Waals surface area contributed by atoms with Crippen molar-refractivity contribution in [3.05, 3.63) is 46.7 Å². The van der Waals surface area contributed by atoms with Gasteiger partial charge in [0.1, 0.15) is 6.04 Å². The van der Waals surface area contributed by atoms with Crippen LogP contribution in [0.5, 0.6) is 0 Å². The molecule has 158 valence electrons. The van der Waals surface area contributed by atoms with Gasteiger partial charge in [-0.15, -0.1) is 11.3 Å². The highest BCUT2D eigenvalue weighted by Crippen LogP contribution is 2.17. The molecule has 9 heteroatoms. The van der Waals surface area contributed by atoms with Gasteiger partial charge in [0.25, 0.3) is 5.91 Å². The van der Waals surface area contributed by atoms with Crippen molar-refractivity contribution in [2.75, 3.05) is 11.9 Å². The zero-order valence-corrected chi connectivity index (χ0v) is 18.4. The van der Waals surface area contributed by atoms with Crippen molar-refractivity contribution < 1.29 is 18.0 Å². The number of anilines is 1. The second-order valence-electron chi connectivity index (χ2n) is 6.94. The summed E-state index contributed by atoms with van der Waals surface area (Å²) in [5, 5.41) is 7.25. The van der Waals surface area contributed by atoms with Gasteiger partial charge in [-0.25, -0.2) is 13.1 Å². The number of carbonyl (C=O) groups excluding carboxylic acids is 2. The molecule has 0 radical (unpaired) electrons. The van der Waals surface area contributed by atoms with E-state index in [2.05, 4.69) is 15.4 Å². The lowest BCUT2D eigenvalue weighted by Gasteiger charge is -2.21. The third-order valence-electron chi connectivity index (χ3n) is 4.21. The number of hydrogen-bond donors (Lipinski definition) is 3. The molecule has 29 heavy (non-hydrogen) atoms. The summed E-state index contributed by atoms with van der Waals surface area (Å²) in [4.78, 5) is 25.7. The first-order valence-corrected chi connectivity index (χ1v) is 11.9. The SMILES string of the molecule is CCCCNS(=O)(=O)c1cccc(NC(=O)C(NC(=O)c2cccs2)C(C)C)c1. The van der Waals surface area contributed by atoms with Crippen LogP contribution in [0.25, 0.3) is 0 Å². The first kappa shape index (κ1) is 23.1. The van der Waals surface area contributed by atoms with E-state index in [1.165, 1.54) is 23.5 Å². The maximum Gasteiger partial charge on any atom is 0.262 e. The molecule has 0 spiro atoms. The summed E-state index contributed by atoms with van der Waals surface area (Å²) in [5.41, 5.74) is 0.351. The molecule has 1 aromatic carbocycles. The molecule has 0 aliphatic rings. The van der Waals surface area contributed by atoms with Crippen LogP contribution in [0.15, 0.2) is 46.7 Å². The van der Waals surface area contributed by atoms with Crippen LogP contribution in [0.1, 0.15) is 43.3 Å². The minimum atomic E-state index is -3.65. The zero-order chi connectivity index (χ0) is 21.4. The van der Waals surface area contributed by atoms with E-state index in [1.807, 2.05) is 20.8 Å². The van der Waals surface area contributed by atoms with Crippen LogP contribution < -0.4 is 15.4 Å². The van der Waals surface area contributed by atoms with Crippen LogP contribution >= 0.6 is 11.3 Å². The van der Waals surface area contributed by atoms with E-state index < -0.39 is 22.0 Å². The molecule has 0 fully saturated rings. The van der Waals surface area contributed by atoms with Gasteiger partial charge in [0.15, 0.2) is 0 Å². The highest BCUT2D eigenvalue weighted by atomic mass is 32.2. The average Bonchev–Trinajstić information content (AvgIpc) is 3.21. The summed E-state index contributed by atoms with van der Waals surface area (Å²) in [5.74, 6) is -0.870. The molecule has 7 nitrogen and oxygen atoms in total. The average molecular weight is 438 g/mol. The molecule has 0 bridgehead atoms. The Bertz CT molecular complexity index is 925. The predicted molar refractivity (Wildman–Crippen MR) is 116 cm³/mol. The molecule has 1 aromatic heterocycles. The number of amides is 2. The zero-order valence-electron chi connectivity index (χ0n) is 16.8. The molecule has 2 aromatic rings. The van der Waals surface area contributed by atoms with Crippen molar-refractivity contribution in [1.29, 1.82) is 0 Å². The number of thiophene rings is 1. The standard InChI is InChI=1S/C20H27N3O4S2/c1-4-5-11-21-29(26,27)16-9-6-8-15(13-16)22-20(25)18(14(2)3)23-19(24)17-10-7-12-28-17/h6-10,12-14,18,21H,4-5,11H2,1-3H3,(H,22,25)(H,23,24). The first-order valence-electron chi connectivity index (χ1n) is 9.49. The Morgan fingerprint density at radius 3 is 2.52 bits per heavy atom. The maximum atomic E-state index is 12.7. The molecule has 0 saturated carbocycles. The van der Waals surface area contributed by atoms with Gasteiger partial charge < -0.3 is 10.6 Å². The molecule has 0 aliphatic heterocycles. The van der Waals surface area contributed by atoms with E-state index in [4.69, 9.17) is 0 Å². The number of unbranched alkanes of at least 4 members (excludes halogenated alkanes) is 1. The van der Waals surface area contributed by atoms with Crippen LogP contribution in [0.2, 0.25) is 0 Å². The van der Waals surface area contributed by atoms with E-state index >= 15 is 0 Å². The fourth-order valence-corrected chi connectivity index (χ4v) is 4.33. The van der Waals surface area contributed by atoms with Crippen LogP contribution in [0.3, 0.4) is 0 Å². The Balaban J connectivity index is 2.10. The van der Waals surface area contributed by atoms with Crippen molar-refractivity contribution in [3.8, 4) is 0 Å². The second-order valence-corrected chi connectivity index (χ2v) is 9.66. The third kappa shape index (κ3) is 6.66. The molecule has 1 unspecified atom stereocenters. The first-order chi connectivity index (χ1) is 13.7. The van der Waals surface area contributed by atoms with E-state index in [0.29, 0.717) is 17.1 Å². The molecule has 2 rings (SSSR count). The van der Waals surface area contributed by atoms with Crippen LogP contribution in [-0.2, 0) is 14.8 Å². The molecular weight excluding hydrogens is 410 g/mol. The Labute approximate surface area is 176 Å². The molecule has 3 N–H and O–H groups in total. The third-order valence-corrected chi connectivity index (χ3v) is 6.54. The van der Waals surface area contributed by atoms with Crippen molar-refractivity contribution >= 4 is 38.9 Å². The summed E-state index contributed by atoms with van der Waals surface area (Å²) in [6.07, 6.45) is 1.63. The number of sulfonamides is 1. The highest BCUT2D eigenvalue weighted by Gasteiger charge is 2.25. The number of benzene rings is 1. The minimum absolute atomic E-state index is 0.0788. The monoisotopic (exact) mass is 437 g/mol. The summed E-state index contributed by atoms with van der Waals surface area (Å²) in [6, 6.07) is 8.76. The van der Waals surface area contributed by atoms with Crippen molar-refractivity contribution in [2.24, 2.45) is 5.92 Å². The predicted octanol–water partition coefficient (Wildman–Crippen LogP) is 3.22. The number of hydrogen-bond acceptors (Lipinski definition) is 5. The van der Waals surface area contributed by atoms with Crippen molar-refractivity contribution in [3.63, 3.8) is 0 Å². The fourth-order valence-electron chi connectivity index (χ4n) is 2.58. The highest BCUT2D eigenvalue weighted by molar-refractivity contribution is 7.89. The second kappa shape index (κ2) is 10.5. The molecule has 2 amide bonds. The van der Waals surface area contributed by atoms with Gasteiger partial charge in [0.05, 0.1) is 9.77 Å². The topological polar surface area (TPSA) is 104 Å². The fraction of sp³-hybridized carbons (Fsp3) is 0.400. The van der Waals surface area contributed by atoms with Crippen LogP contribution in [0, 0.1) is 5.92 Å². The Morgan fingerprint density at radius 1 is 1.14 bits per heavy atom. The summed E-state index contributed by atoms with van der Waals surface area (Å²) in [7, 11) is -3.65. The number of carbonyl (C=O) groups is 2. The normalized spacial score (nSPS) is 12.6. The molecule has 1 atom stereocenters. The lowest BCUT2D eigenvalue weighted by Crippen LogP contribution is -2.46. The summed E-state index contributed by atoms with van der Waals surface area (Å²) in [6.45, 7) is 6.00. The van der Waals surface area contributed by atoms with Crippen molar-refractivity contribution in [1.82, 2.24) is 10.0 Å². The Hall–Kier alpha value is -2.23. The van der Waals surface area contributed by atoms with E-state index in [0.717, 1.165) is 12.8 Å². The molecule has 1 heterocycles. The smallest absolute Gasteiger partial charge is 0.262 e. The summed E-state index contributed by atoms with van der Waals surface area (Å²) >= 11 is 1.30. The van der Waals surface area contributed by atoms with Gasteiger partial charge in [-0.1, -0.05) is 39.3 Å². The van der Waals surface area contributed by atoms with E-state index in [9.17, 15) is 18.0 Å². The Morgan fingerprint density at radius 2 is 1.90 bits per heavy atom. The van der Waals surface area contributed by atoms with Crippen LogP contribution in [-0.4, -0.2) is 32.8 Å². The molecule has 0 saturated heterocycles. The van der Waals surface area contributed by atoms with E-state index in [1.54, 1.807) is 29.6 Å². The molecular formula is C20H27N3O4S2. The van der Waals surface area contributed by atoms with E-state index in [-0.39, 0.29) is 16.7 Å². The van der Waals surface area contributed by atoms with Gasteiger partial charge in [0.2, 0.25) is 15.9 Å². The quantitative estimate of drug-likeness (QED) is 0.496. The van der Waals surface area contributed by atoms with Gasteiger partial charge in [0, 0.05) is 12.2 Å². The van der Waals surface area contributed by atoms with Gasteiger partial charge in [-0.3, -0.25) is 9.59 Å². The lowest BCUT2D eigenvalue weighted by molar-refractivity contribution is -0.118. The minimum Gasteiger partial charge on any atom is -0.339 e. The summed E-state index contributed by atoms with van der Waals surface area (Å²) < 4.78 is 27.3. The number of nitrogens with one attached hydrogen (secondary N) is 3. The van der Waals surface area contributed by atoms with Crippen LogP contribution in [0.4, 0.5) is 5.69 Å². The van der Waals surface area contributed by atoms with Gasteiger partial charge in [-0.05, 0) is 42.0 Å². The number of rotatable bonds is 10.